The summed E-state index contributed by atoms with van der Waals surface area (Å²) in [6, 6.07) is 12.3. The fraction of sp³-hybridized carbons (Fsp3) is 0.143. The number of hydrogen-bond donors (Lipinski definition) is 1. The molecule has 0 aliphatic heterocycles. The normalized spacial score (nSPS) is 10.0. The van der Waals surface area contributed by atoms with Crippen molar-refractivity contribution in [1.82, 2.24) is 0 Å². The van der Waals surface area contributed by atoms with Gasteiger partial charge in [0.2, 0.25) is 6.79 Å². The number of phenols is 1. The van der Waals surface area contributed by atoms with Gasteiger partial charge < -0.3 is 19.3 Å². The molecule has 2 rings (SSSR count). The summed E-state index contributed by atoms with van der Waals surface area (Å²) in [5.74, 6) is 1.94. The quantitative estimate of drug-likeness (QED) is 0.646. The Kier molecular flexibility index (Phi) is 4.73. The predicted molar refractivity (Wildman–Crippen MR) is 79.9 cm³/mol. The van der Waals surface area contributed by atoms with Gasteiger partial charge in [0.25, 0.3) is 0 Å². The first kappa shape index (κ1) is 13.8. The molecule has 0 heterocycles. The highest BCUT2D eigenvalue weighted by Crippen LogP contribution is 2.27. The first-order chi connectivity index (χ1) is 9.19. The summed E-state index contributed by atoms with van der Waals surface area (Å²) in [7, 11) is 1.61. The molecule has 19 heavy (non-hydrogen) atoms. The van der Waals surface area contributed by atoms with Crippen molar-refractivity contribution < 1.29 is 19.3 Å². The standard InChI is InChI=1S/C14H13IO4/c1-17-11-3-5-12(6-4-11)18-9-19-14-8-10(15)2-7-13(14)16/h2-8,16H,9H2,1H3. The van der Waals surface area contributed by atoms with Gasteiger partial charge in [-0.2, -0.15) is 0 Å². The van der Waals surface area contributed by atoms with Crippen molar-refractivity contribution in [2.24, 2.45) is 0 Å². The molecule has 0 saturated heterocycles. The van der Waals surface area contributed by atoms with Gasteiger partial charge in [-0.05, 0) is 65.1 Å². The van der Waals surface area contributed by atoms with Gasteiger partial charge in [-0.1, -0.05) is 0 Å². The fourth-order valence-electron chi connectivity index (χ4n) is 1.44. The van der Waals surface area contributed by atoms with E-state index in [4.69, 9.17) is 14.2 Å². The lowest BCUT2D eigenvalue weighted by Gasteiger charge is -2.10. The third-order valence-electron chi connectivity index (χ3n) is 2.42. The van der Waals surface area contributed by atoms with Gasteiger partial charge in [0, 0.05) is 3.57 Å². The summed E-state index contributed by atoms with van der Waals surface area (Å²) in [4.78, 5) is 0. The van der Waals surface area contributed by atoms with Crippen LogP contribution in [-0.2, 0) is 0 Å². The van der Waals surface area contributed by atoms with Crippen molar-refractivity contribution in [3.05, 3.63) is 46.0 Å². The number of benzene rings is 2. The van der Waals surface area contributed by atoms with Crippen molar-refractivity contribution >= 4 is 22.6 Å². The molecule has 0 unspecified atom stereocenters. The second-order valence-electron chi connectivity index (χ2n) is 3.69. The van der Waals surface area contributed by atoms with Gasteiger partial charge >= 0.3 is 0 Å². The number of phenolic OH excluding ortho intramolecular Hbond substituents is 1. The number of rotatable bonds is 5. The zero-order valence-electron chi connectivity index (χ0n) is 10.3. The molecule has 5 heteroatoms. The Bertz CT molecular complexity index is 540. The summed E-state index contributed by atoms with van der Waals surface area (Å²) >= 11 is 2.15. The highest BCUT2D eigenvalue weighted by atomic mass is 127. The highest BCUT2D eigenvalue weighted by Gasteiger charge is 2.03. The third-order valence-corrected chi connectivity index (χ3v) is 3.09. The molecule has 2 aromatic carbocycles. The molecule has 100 valence electrons. The fourth-order valence-corrected chi connectivity index (χ4v) is 1.90. The molecular weight excluding hydrogens is 359 g/mol. The number of aromatic hydroxyl groups is 1. The number of hydrogen-bond acceptors (Lipinski definition) is 4. The van der Waals surface area contributed by atoms with Crippen LogP contribution in [0.15, 0.2) is 42.5 Å². The predicted octanol–water partition coefficient (Wildman–Crippen LogP) is 3.42. The molecule has 2 aromatic rings. The van der Waals surface area contributed by atoms with Crippen LogP contribution >= 0.6 is 22.6 Å². The van der Waals surface area contributed by atoms with Crippen molar-refractivity contribution in [3.63, 3.8) is 0 Å². The molecule has 0 fully saturated rings. The van der Waals surface area contributed by atoms with E-state index in [2.05, 4.69) is 22.6 Å². The molecule has 0 atom stereocenters. The van der Waals surface area contributed by atoms with E-state index in [0.717, 1.165) is 9.32 Å². The minimum atomic E-state index is 0.0278. The molecular formula is C14H13IO4. The van der Waals surface area contributed by atoms with Crippen LogP contribution in [0.5, 0.6) is 23.0 Å². The molecule has 0 aromatic heterocycles. The monoisotopic (exact) mass is 372 g/mol. The maximum absolute atomic E-state index is 9.60. The Balaban J connectivity index is 1.90. The van der Waals surface area contributed by atoms with Crippen molar-refractivity contribution in [3.8, 4) is 23.0 Å². The molecule has 0 amide bonds. The second kappa shape index (κ2) is 6.51. The van der Waals surface area contributed by atoms with Crippen LogP contribution in [-0.4, -0.2) is 19.0 Å². The largest absolute Gasteiger partial charge is 0.504 e. The maximum atomic E-state index is 9.60. The van der Waals surface area contributed by atoms with E-state index in [1.165, 1.54) is 0 Å². The van der Waals surface area contributed by atoms with Gasteiger partial charge in [-0.15, -0.1) is 0 Å². The van der Waals surface area contributed by atoms with Gasteiger partial charge in [-0.25, -0.2) is 0 Å². The Morgan fingerprint density at radius 3 is 2.37 bits per heavy atom. The van der Waals surface area contributed by atoms with Gasteiger partial charge in [0.15, 0.2) is 11.5 Å². The van der Waals surface area contributed by atoms with E-state index >= 15 is 0 Å². The Labute approximate surface area is 125 Å². The third kappa shape index (κ3) is 3.92. The summed E-state index contributed by atoms with van der Waals surface area (Å²) in [6.45, 7) is 0.0278. The van der Waals surface area contributed by atoms with Crippen LogP contribution in [0.25, 0.3) is 0 Å². The zero-order valence-corrected chi connectivity index (χ0v) is 12.5. The lowest BCUT2D eigenvalue weighted by atomic mass is 10.3. The molecule has 0 spiro atoms. The van der Waals surface area contributed by atoms with Crippen molar-refractivity contribution in [2.45, 2.75) is 0 Å². The van der Waals surface area contributed by atoms with Crippen LogP contribution in [0.4, 0.5) is 0 Å². The Hall–Kier alpha value is -1.63. The summed E-state index contributed by atoms with van der Waals surface area (Å²) in [5.41, 5.74) is 0. The molecule has 1 N–H and O–H groups in total. The minimum absolute atomic E-state index is 0.0278. The summed E-state index contributed by atoms with van der Waals surface area (Å²) in [5, 5.41) is 9.60. The van der Waals surface area contributed by atoms with E-state index in [-0.39, 0.29) is 12.5 Å². The first-order valence-corrected chi connectivity index (χ1v) is 6.65. The van der Waals surface area contributed by atoms with E-state index in [0.29, 0.717) is 11.5 Å². The first-order valence-electron chi connectivity index (χ1n) is 5.57. The molecule has 0 bridgehead atoms. The lowest BCUT2D eigenvalue weighted by molar-refractivity contribution is 0.116. The number of ether oxygens (including phenoxy) is 3. The maximum Gasteiger partial charge on any atom is 0.231 e. The van der Waals surface area contributed by atoms with Crippen LogP contribution in [0.3, 0.4) is 0 Å². The van der Waals surface area contributed by atoms with Crippen LogP contribution in [0.1, 0.15) is 0 Å². The topological polar surface area (TPSA) is 47.9 Å². The van der Waals surface area contributed by atoms with Crippen LogP contribution < -0.4 is 14.2 Å². The molecule has 0 radical (unpaired) electrons. The Morgan fingerprint density at radius 2 is 1.68 bits per heavy atom. The summed E-state index contributed by atoms with van der Waals surface area (Å²) < 4.78 is 16.8. The van der Waals surface area contributed by atoms with E-state index in [9.17, 15) is 5.11 Å². The van der Waals surface area contributed by atoms with E-state index in [1.54, 1.807) is 49.6 Å². The molecule has 0 aliphatic rings. The number of methoxy groups -OCH3 is 1. The van der Waals surface area contributed by atoms with Crippen molar-refractivity contribution in [1.29, 1.82) is 0 Å². The summed E-state index contributed by atoms with van der Waals surface area (Å²) in [6.07, 6.45) is 0. The second-order valence-corrected chi connectivity index (χ2v) is 4.94. The van der Waals surface area contributed by atoms with Gasteiger partial charge in [-0.3, -0.25) is 0 Å². The average Bonchev–Trinajstić information content (AvgIpc) is 2.43. The van der Waals surface area contributed by atoms with Crippen LogP contribution in [0.2, 0.25) is 0 Å². The smallest absolute Gasteiger partial charge is 0.231 e. The van der Waals surface area contributed by atoms with Crippen LogP contribution in [0, 0.1) is 3.57 Å². The van der Waals surface area contributed by atoms with E-state index in [1.807, 2.05) is 0 Å². The lowest BCUT2D eigenvalue weighted by Crippen LogP contribution is -2.05. The zero-order chi connectivity index (χ0) is 13.7. The van der Waals surface area contributed by atoms with Gasteiger partial charge in [0.05, 0.1) is 7.11 Å². The van der Waals surface area contributed by atoms with Crippen molar-refractivity contribution in [2.75, 3.05) is 13.9 Å². The molecule has 0 saturated carbocycles. The van der Waals surface area contributed by atoms with Gasteiger partial charge in [0.1, 0.15) is 11.5 Å². The highest BCUT2D eigenvalue weighted by molar-refractivity contribution is 14.1. The average molecular weight is 372 g/mol. The van der Waals surface area contributed by atoms with E-state index < -0.39 is 0 Å². The SMILES string of the molecule is COc1ccc(OCOc2cc(I)ccc2O)cc1. The molecule has 4 nitrogen and oxygen atoms in total. The number of halogens is 1. The Morgan fingerprint density at radius 1 is 1.00 bits per heavy atom. The molecule has 0 aliphatic carbocycles. The minimum Gasteiger partial charge on any atom is -0.504 e.